The van der Waals surface area contributed by atoms with Gasteiger partial charge < -0.3 is 0 Å². The zero-order valence-electron chi connectivity index (χ0n) is 21.8. The molecule has 2 aromatic rings. The summed E-state index contributed by atoms with van der Waals surface area (Å²) in [6.45, 7) is 33.5. The van der Waals surface area contributed by atoms with Crippen LogP contribution in [0.2, 0.25) is 78.6 Å². The van der Waals surface area contributed by atoms with Crippen molar-refractivity contribution in [2.24, 2.45) is 0 Å². The lowest BCUT2D eigenvalue weighted by atomic mass is 10.4. The highest BCUT2D eigenvalue weighted by Gasteiger charge is 2.66. The molecule has 0 atom stereocenters. The summed E-state index contributed by atoms with van der Waals surface area (Å²) in [6.07, 6.45) is 0. The number of hydrogen-bond acceptors (Lipinski definition) is 0. The molecule has 0 aliphatic heterocycles. The highest BCUT2D eigenvalue weighted by molar-refractivity contribution is 7.98. The molecule has 0 radical (unpaired) electrons. The molecule has 0 unspecified atom stereocenters. The van der Waals surface area contributed by atoms with Gasteiger partial charge in [0.1, 0.15) is 0 Å². The first-order valence-corrected chi connectivity index (χ1v) is 34.6. The molecule has 0 aliphatic carbocycles. The molecule has 30 heavy (non-hydrogen) atoms. The number of benzene rings is 2. The van der Waals surface area contributed by atoms with Gasteiger partial charge in [0, 0.05) is 28.4 Å². The second kappa shape index (κ2) is 8.26. The Morgan fingerprint density at radius 2 is 0.567 bits per heavy atom. The molecule has 0 saturated heterocycles. The molecule has 0 aliphatic rings. The minimum atomic E-state index is -1.50. The maximum atomic E-state index is 2.85. The fourth-order valence-electron chi connectivity index (χ4n) is 5.56. The van der Waals surface area contributed by atoms with E-state index in [4.69, 9.17) is 0 Å². The van der Waals surface area contributed by atoms with E-state index in [0.717, 1.165) is 0 Å². The van der Waals surface area contributed by atoms with Crippen LogP contribution in [0.15, 0.2) is 60.7 Å². The first-order valence-electron chi connectivity index (χ1n) is 11.6. The topological polar surface area (TPSA) is 0 Å². The lowest BCUT2D eigenvalue weighted by Gasteiger charge is -2.62. The van der Waals surface area contributed by atoms with Crippen molar-refractivity contribution in [2.45, 2.75) is 78.6 Å². The molecular formula is C24H46Si6. The van der Waals surface area contributed by atoms with Crippen LogP contribution in [0, 0.1) is 0 Å². The molecule has 0 aromatic heterocycles. The van der Waals surface area contributed by atoms with Crippen molar-refractivity contribution in [3.05, 3.63) is 60.7 Å². The van der Waals surface area contributed by atoms with E-state index in [1.807, 2.05) is 0 Å². The molecule has 2 rings (SSSR count). The highest BCUT2D eigenvalue weighted by Crippen LogP contribution is 2.41. The van der Waals surface area contributed by atoms with Gasteiger partial charge in [-0.1, -0.05) is 150 Å². The maximum Gasteiger partial charge on any atom is 0.0711 e. The van der Waals surface area contributed by atoms with Crippen molar-refractivity contribution in [3.8, 4) is 0 Å². The smallest absolute Gasteiger partial charge is 0.0711 e. The van der Waals surface area contributed by atoms with Gasteiger partial charge in [-0.25, -0.2) is 0 Å². The van der Waals surface area contributed by atoms with Crippen molar-refractivity contribution in [1.82, 2.24) is 0 Å². The largest absolute Gasteiger partial charge is 0.0735 e. The van der Waals surface area contributed by atoms with Crippen molar-refractivity contribution in [3.63, 3.8) is 0 Å². The molecule has 2 aromatic carbocycles. The molecule has 6 heteroatoms. The van der Waals surface area contributed by atoms with Gasteiger partial charge in [-0.2, -0.15) is 0 Å². The summed E-state index contributed by atoms with van der Waals surface area (Å²) in [7, 11) is -8.69. The van der Waals surface area contributed by atoms with Gasteiger partial charge in [0.2, 0.25) is 0 Å². The zero-order chi connectivity index (χ0) is 23.2. The van der Waals surface area contributed by atoms with Crippen LogP contribution in [0.3, 0.4) is 0 Å². The van der Waals surface area contributed by atoms with Gasteiger partial charge in [0.25, 0.3) is 0 Å². The van der Waals surface area contributed by atoms with Crippen molar-refractivity contribution in [1.29, 1.82) is 0 Å². The first-order chi connectivity index (χ1) is 13.5. The summed E-state index contributed by atoms with van der Waals surface area (Å²) in [5.74, 6) is 0. The molecule has 0 saturated carbocycles. The fraction of sp³-hybridized carbons (Fsp3) is 0.500. The van der Waals surface area contributed by atoms with Gasteiger partial charge in [-0.05, 0) is 0 Å². The zero-order valence-corrected chi connectivity index (χ0v) is 27.8. The van der Waals surface area contributed by atoms with E-state index in [-0.39, 0.29) is 0 Å². The Morgan fingerprint density at radius 3 is 0.800 bits per heavy atom. The Balaban J connectivity index is 2.60. The SMILES string of the molecule is C[Si](C)(c1ccccc1)[Si](C)(C)[Si](C)(C)[Si](C)(C)[Si](C)(C)[Si](C)(C)c1ccccc1. The van der Waals surface area contributed by atoms with E-state index >= 15 is 0 Å². The lowest BCUT2D eigenvalue weighted by Crippen LogP contribution is -2.90. The van der Waals surface area contributed by atoms with E-state index in [0.29, 0.717) is 0 Å². The second-order valence-corrected chi connectivity index (χ2v) is 76.6. The average molecular weight is 503 g/mol. The summed E-state index contributed by atoms with van der Waals surface area (Å²) in [5, 5.41) is 3.40. The fourth-order valence-corrected chi connectivity index (χ4v) is 156. The van der Waals surface area contributed by atoms with Crippen LogP contribution in [-0.2, 0) is 0 Å². The Kier molecular flexibility index (Phi) is 7.16. The van der Waals surface area contributed by atoms with Crippen LogP contribution in [0.4, 0.5) is 0 Å². The highest BCUT2D eigenvalue weighted by atomic mass is 30.0. The summed E-state index contributed by atoms with van der Waals surface area (Å²) in [6, 6.07) is 23.3. The molecule has 0 nitrogen and oxygen atoms in total. The monoisotopic (exact) mass is 502 g/mol. The van der Waals surface area contributed by atoms with E-state index in [1.165, 1.54) is 0 Å². The predicted octanol–water partition coefficient (Wildman–Crippen LogP) is 6.44. The third kappa shape index (κ3) is 3.75. The van der Waals surface area contributed by atoms with Crippen molar-refractivity contribution in [2.75, 3.05) is 0 Å². The van der Waals surface area contributed by atoms with Crippen molar-refractivity contribution < 1.29 is 0 Å². The van der Waals surface area contributed by atoms with E-state index in [1.54, 1.807) is 10.4 Å². The van der Waals surface area contributed by atoms with Crippen LogP contribution < -0.4 is 10.4 Å². The van der Waals surface area contributed by atoms with Gasteiger partial charge in [-0.3, -0.25) is 0 Å². The molecule has 0 fully saturated rings. The molecule has 0 spiro atoms. The molecule has 0 heterocycles. The maximum absolute atomic E-state index is 2.85. The lowest BCUT2D eigenvalue weighted by molar-refractivity contribution is 1.69. The van der Waals surface area contributed by atoms with Crippen molar-refractivity contribution >= 4 is 54.0 Å². The van der Waals surface area contributed by atoms with E-state index in [2.05, 4.69) is 139 Å². The summed E-state index contributed by atoms with van der Waals surface area (Å²) >= 11 is 0. The standard InChI is InChI=1S/C24H46Si6/c1-25(2,23-19-15-13-16-20-23)27(5,6)29(9,10)30(11,12)28(7,8)26(3,4)24-21-17-14-18-22-24/h13-22H,1-12H3. The third-order valence-electron chi connectivity index (χ3n) is 10.8. The Bertz CT molecular complexity index is 778. The van der Waals surface area contributed by atoms with Crippen LogP contribution in [0.1, 0.15) is 0 Å². The molecular weight excluding hydrogens is 457 g/mol. The van der Waals surface area contributed by atoms with Crippen LogP contribution >= 0.6 is 0 Å². The predicted molar refractivity (Wildman–Crippen MR) is 157 cm³/mol. The summed E-state index contributed by atoms with van der Waals surface area (Å²) in [5.41, 5.74) is 0. The molecule has 0 N–H and O–H groups in total. The minimum Gasteiger partial charge on any atom is -0.0735 e. The third-order valence-corrected chi connectivity index (χ3v) is 130. The van der Waals surface area contributed by atoms with Crippen LogP contribution in [0.25, 0.3) is 0 Å². The molecule has 0 amide bonds. The molecule has 166 valence electrons. The van der Waals surface area contributed by atoms with E-state index < -0.39 is 43.6 Å². The normalized spacial score (nSPS) is 14.7. The number of rotatable bonds is 7. The average Bonchev–Trinajstić information content (AvgIpc) is 2.68. The Hall–Kier alpha value is -0.259. The van der Waals surface area contributed by atoms with Gasteiger partial charge in [0.15, 0.2) is 0 Å². The van der Waals surface area contributed by atoms with Crippen LogP contribution in [-0.4, -0.2) is 43.6 Å². The Morgan fingerprint density at radius 1 is 0.333 bits per heavy atom. The number of hydrogen-bond donors (Lipinski definition) is 0. The van der Waals surface area contributed by atoms with Gasteiger partial charge >= 0.3 is 0 Å². The summed E-state index contributed by atoms with van der Waals surface area (Å²) < 4.78 is 0. The minimum absolute atomic E-state index is 1.42. The molecule has 0 bridgehead atoms. The quantitative estimate of drug-likeness (QED) is 0.382. The van der Waals surface area contributed by atoms with Gasteiger partial charge in [0.05, 0.1) is 15.2 Å². The van der Waals surface area contributed by atoms with E-state index in [9.17, 15) is 0 Å². The first kappa shape index (κ1) is 26.0. The second-order valence-electron chi connectivity index (χ2n) is 12.5. The summed E-state index contributed by atoms with van der Waals surface area (Å²) in [4.78, 5) is 0. The Labute approximate surface area is 192 Å². The van der Waals surface area contributed by atoms with Gasteiger partial charge in [-0.15, -0.1) is 0 Å². The van der Waals surface area contributed by atoms with Crippen LogP contribution in [0.5, 0.6) is 0 Å².